The molecule has 2 amide bonds. The predicted octanol–water partition coefficient (Wildman–Crippen LogP) is 8.59. The number of fused-ring (bicyclic) bond motifs is 3. The highest BCUT2D eigenvalue weighted by atomic mass is 16.2. The van der Waals surface area contributed by atoms with Crippen LogP contribution < -0.4 is 21.7 Å². The smallest absolute Gasteiger partial charge is 0.240 e. The lowest BCUT2D eigenvalue weighted by molar-refractivity contribution is -0.146. The summed E-state index contributed by atoms with van der Waals surface area (Å²) < 4.78 is 0. The standard InChI is InChI=1S/C35H58N4O2.C6H14.CH5N/c1-31(2,3)21-37-29(40)25-17-32(4,5)19-33(6,7)22-39(35(10,11)20-34(25,8)9)30(41)27-16-24-23-14-12-13-15-26(23)38-28(24)18-36-27;1-5-6(2,3)4;1-2/h12-15,24-25,27-28,36,38H,16-22H2,1-11H3,(H,37,40);5H2,1-4H3;2H2,1H3. The van der Waals surface area contributed by atoms with Gasteiger partial charge in [0, 0.05) is 48.7 Å². The van der Waals surface area contributed by atoms with Crippen LogP contribution in [0, 0.1) is 33.0 Å². The lowest BCUT2D eigenvalue weighted by atomic mass is 9.61. The molecule has 2 saturated heterocycles. The highest BCUT2D eigenvalue weighted by molar-refractivity contribution is 5.83. The molecule has 0 saturated carbocycles. The summed E-state index contributed by atoms with van der Waals surface area (Å²) in [4.78, 5) is 30.6. The fourth-order valence-corrected chi connectivity index (χ4v) is 8.46. The summed E-state index contributed by atoms with van der Waals surface area (Å²) >= 11 is 0. The number of amides is 2. The van der Waals surface area contributed by atoms with Gasteiger partial charge in [0.25, 0.3) is 0 Å². The topological polar surface area (TPSA) is 99.5 Å². The third kappa shape index (κ3) is 12.3. The quantitative estimate of drug-likeness (QED) is 0.256. The third-order valence-electron chi connectivity index (χ3n) is 10.9. The van der Waals surface area contributed by atoms with Crippen molar-refractivity contribution in [3.8, 4) is 0 Å². The molecule has 0 spiro atoms. The molecule has 4 unspecified atom stereocenters. The van der Waals surface area contributed by atoms with Gasteiger partial charge in [0.2, 0.25) is 11.8 Å². The number of piperidine rings is 1. The Morgan fingerprint density at radius 1 is 0.898 bits per heavy atom. The summed E-state index contributed by atoms with van der Waals surface area (Å²) in [6.45, 7) is 35.7. The SMILES string of the molecule is CC(C)(C)CNC(=O)C1CC(C)(C)CC(C)(C)CN(C(=O)C2CC3c4ccccc4NC3CN2)C(C)(C)CC1(C)C.CCC(C)(C)C.CN. The number of para-hydroxylation sites is 1. The predicted molar refractivity (Wildman–Crippen MR) is 210 cm³/mol. The van der Waals surface area contributed by atoms with Crippen molar-refractivity contribution in [1.29, 1.82) is 0 Å². The number of benzene rings is 1. The molecule has 1 aromatic carbocycles. The highest BCUT2D eigenvalue weighted by Gasteiger charge is 2.50. The van der Waals surface area contributed by atoms with Gasteiger partial charge in [-0.05, 0) is 85.3 Å². The van der Waals surface area contributed by atoms with Crippen molar-refractivity contribution < 1.29 is 9.59 Å². The van der Waals surface area contributed by atoms with E-state index in [4.69, 9.17) is 0 Å². The Bertz CT molecular complexity index is 1240. The first-order valence-corrected chi connectivity index (χ1v) is 19.0. The Kier molecular flexibility index (Phi) is 14.1. The summed E-state index contributed by atoms with van der Waals surface area (Å²) in [7, 11) is 1.50. The van der Waals surface area contributed by atoms with Crippen molar-refractivity contribution in [2.24, 2.45) is 38.7 Å². The molecule has 4 rings (SSSR count). The molecule has 49 heavy (non-hydrogen) atoms. The lowest BCUT2D eigenvalue weighted by Gasteiger charge is -2.52. The second-order valence-corrected chi connectivity index (χ2v) is 20.5. The fourth-order valence-electron chi connectivity index (χ4n) is 8.46. The van der Waals surface area contributed by atoms with Gasteiger partial charge in [-0.15, -0.1) is 0 Å². The summed E-state index contributed by atoms with van der Waals surface area (Å²) in [5.41, 5.74) is 6.77. The molecular formula is C42H77N5O2. The fraction of sp³-hybridized carbons (Fsp3) is 0.810. The van der Waals surface area contributed by atoms with E-state index in [2.05, 4.69) is 155 Å². The zero-order valence-electron chi connectivity index (χ0n) is 34.6. The number of carbonyl (C=O) groups excluding carboxylic acids is 2. The van der Waals surface area contributed by atoms with Crippen LogP contribution in [0.2, 0.25) is 0 Å². The van der Waals surface area contributed by atoms with Crippen molar-refractivity contribution in [2.75, 3.05) is 32.0 Å². The van der Waals surface area contributed by atoms with Crippen LogP contribution >= 0.6 is 0 Å². The second kappa shape index (κ2) is 16.0. The Labute approximate surface area is 302 Å². The van der Waals surface area contributed by atoms with Gasteiger partial charge >= 0.3 is 0 Å². The van der Waals surface area contributed by atoms with Crippen LogP contribution in [0.4, 0.5) is 5.69 Å². The van der Waals surface area contributed by atoms with Crippen LogP contribution in [-0.4, -0.2) is 61.0 Å². The molecule has 2 fully saturated rings. The number of nitrogens with zero attached hydrogens (tertiary/aromatic N) is 1. The van der Waals surface area contributed by atoms with Gasteiger partial charge in [-0.1, -0.05) is 115 Å². The Morgan fingerprint density at radius 3 is 2.02 bits per heavy atom. The number of anilines is 1. The van der Waals surface area contributed by atoms with Gasteiger partial charge in [-0.3, -0.25) is 9.59 Å². The number of nitrogens with one attached hydrogen (secondary N) is 3. The van der Waals surface area contributed by atoms with E-state index < -0.39 is 5.54 Å². The maximum absolute atomic E-state index is 14.6. The molecule has 282 valence electrons. The monoisotopic (exact) mass is 684 g/mol. The number of hydrogen-bond acceptors (Lipinski definition) is 5. The van der Waals surface area contributed by atoms with Crippen molar-refractivity contribution in [2.45, 2.75) is 160 Å². The van der Waals surface area contributed by atoms with Crippen molar-refractivity contribution in [1.82, 2.24) is 15.5 Å². The number of carbonyl (C=O) groups is 2. The van der Waals surface area contributed by atoms with Crippen molar-refractivity contribution in [3.05, 3.63) is 29.8 Å². The molecule has 3 aliphatic rings. The maximum atomic E-state index is 14.6. The molecule has 3 aliphatic heterocycles. The number of hydrogen-bond donors (Lipinski definition) is 4. The molecule has 1 aromatic rings. The van der Waals surface area contributed by atoms with Crippen LogP contribution in [-0.2, 0) is 9.59 Å². The molecule has 4 atom stereocenters. The molecule has 0 bridgehead atoms. The van der Waals surface area contributed by atoms with E-state index in [9.17, 15) is 9.59 Å². The molecule has 3 heterocycles. The zero-order valence-corrected chi connectivity index (χ0v) is 34.6. The zero-order chi connectivity index (χ0) is 37.8. The molecule has 5 N–H and O–H groups in total. The first-order chi connectivity index (χ1) is 22.3. The van der Waals surface area contributed by atoms with E-state index in [1.807, 2.05) is 0 Å². The molecule has 0 aliphatic carbocycles. The van der Waals surface area contributed by atoms with E-state index in [0.717, 1.165) is 32.2 Å². The molecule has 0 radical (unpaired) electrons. The average Bonchev–Trinajstić information content (AvgIpc) is 3.34. The summed E-state index contributed by atoms with van der Waals surface area (Å²) in [5, 5.41) is 10.6. The van der Waals surface area contributed by atoms with Gasteiger partial charge in [0.1, 0.15) is 0 Å². The van der Waals surface area contributed by atoms with Gasteiger partial charge in [0.15, 0.2) is 0 Å². The van der Waals surface area contributed by atoms with E-state index in [0.29, 0.717) is 30.5 Å². The van der Waals surface area contributed by atoms with E-state index in [1.54, 1.807) is 0 Å². The molecule has 7 heteroatoms. The van der Waals surface area contributed by atoms with Gasteiger partial charge in [0.05, 0.1) is 6.04 Å². The Balaban J connectivity index is 0.000000940. The van der Waals surface area contributed by atoms with Crippen LogP contribution in [0.15, 0.2) is 24.3 Å². The second-order valence-electron chi connectivity index (χ2n) is 20.5. The minimum absolute atomic E-state index is 0.0249. The normalized spacial score (nSPS) is 27.0. The first-order valence-electron chi connectivity index (χ1n) is 19.0. The van der Waals surface area contributed by atoms with Crippen molar-refractivity contribution >= 4 is 17.5 Å². The molecule has 7 nitrogen and oxygen atoms in total. The first kappa shape index (κ1) is 43.0. The van der Waals surface area contributed by atoms with Crippen LogP contribution in [0.3, 0.4) is 0 Å². The van der Waals surface area contributed by atoms with E-state index in [1.165, 1.54) is 24.7 Å². The van der Waals surface area contributed by atoms with Crippen LogP contribution in [0.1, 0.15) is 147 Å². The van der Waals surface area contributed by atoms with Crippen molar-refractivity contribution in [3.63, 3.8) is 0 Å². The number of nitrogens with two attached hydrogens (primary N) is 1. The number of rotatable bonds is 3. The third-order valence-corrected chi connectivity index (χ3v) is 10.9. The highest BCUT2D eigenvalue weighted by Crippen LogP contribution is 2.49. The minimum Gasteiger partial charge on any atom is -0.380 e. The van der Waals surface area contributed by atoms with Crippen LogP contribution in [0.25, 0.3) is 0 Å². The average molecular weight is 684 g/mol. The van der Waals surface area contributed by atoms with E-state index in [-0.39, 0.29) is 45.4 Å². The largest absolute Gasteiger partial charge is 0.380 e. The Morgan fingerprint density at radius 2 is 1.47 bits per heavy atom. The minimum atomic E-state index is -0.410. The summed E-state index contributed by atoms with van der Waals surface area (Å²) in [5.74, 6) is 0.551. The maximum Gasteiger partial charge on any atom is 0.240 e. The van der Waals surface area contributed by atoms with Gasteiger partial charge < -0.3 is 26.6 Å². The lowest BCUT2D eigenvalue weighted by Crippen LogP contribution is -2.62. The summed E-state index contributed by atoms with van der Waals surface area (Å²) in [6, 6.07) is 8.66. The van der Waals surface area contributed by atoms with Gasteiger partial charge in [-0.2, -0.15) is 0 Å². The Hall–Kier alpha value is -2.12. The molecular weight excluding hydrogens is 606 g/mol. The van der Waals surface area contributed by atoms with Gasteiger partial charge in [-0.25, -0.2) is 0 Å². The molecule has 0 aromatic heterocycles. The van der Waals surface area contributed by atoms with Crippen LogP contribution in [0.5, 0.6) is 0 Å². The van der Waals surface area contributed by atoms with E-state index >= 15 is 0 Å². The summed E-state index contributed by atoms with van der Waals surface area (Å²) in [6.07, 6.45) is 4.61.